The molecule has 0 amide bonds. The lowest BCUT2D eigenvalue weighted by molar-refractivity contribution is 0.0888. The summed E-state index contributed by atoms with van der Waals surface area (Å²) >= 11 is 0. The number of halogens is 1. The molecule has 0 spiro atoms. The first-order valence-corrected chi connectivity index (χ1v) is 7.18. The van der Waals surface area contributed by atoms with Gasteiger partial charge in [-0.3, -0.25) is 4.79 Å². The van der Waals surface area contributed by atoms with Crippen molar-refractivity contribution in [2.24, 2.45) is 0 Å². The number of carbonyl (C=O) groups is 1. The zero-order chi connectivity index (χ0) is 16.5. The van der Waals surface area contributed by atoms with Crippen LogP contribution in [0.5, 0.6) is 0 Å². The third-order valence-corrected chi connectivity index (χ3v) is 3.66. The number of fused-ring (bicyclic) bond motifs is 1. The number of aromatic nitrogens is 6. The highest BCUT2D eigenvalue weighted by molar-refractivity contribution is 5.99. The molecule has 4 rings (SSSR count). The largest absolute Gasteiger partial charge is 0.290 e. The van der Waals surface area contributed by atoms with Crippen molar-refractivity contribution in [3.8, 4) is 0 Å². The zero-order valence-electron chi connectivity index (χ0n) is 12.3. The highest BCUT2D eigenvalue weighted by atomic mass is 19.1. The molecule has 2 aromatic heterocycles. The monoisotopic (exact) mass is 322 g/mol. The van der Waals surface area contributed by atoms with Crippen molar-refractivity contribution in [2.75, 3.05) is 0 Å². The van der Waals surface area contributed by atoms with Gasteiger partial charge in [-0.2, -0.15) is 5.10 Å². The Labute approximate surface area is 135 Å². The zero-order valence-corrected chi connectivity index (χ0v) is 12.3. The molecular weight excluding hydrogens is 311 g/mol. The third kappa shape index (κ3) is 2.34. The molecule has 0 fully saturated rings. The Balaban J connectivity index is 1.86. The summed E-state index contributed by atoms with van der Waals surface area (Å²) in [7, 11) is 0. The van der Waals surface area contributed by atoms with Crippen molar-refractivity contribution < 1.29 is 9.18 Å². The lowest BCUT2D eigenvalue weighted by Crippen LogP contribution is -2.28. The number of Topliss-reactive ketones (excluding diaryl/α,β-unsaturated/α-hetero) is 1. The van der Waals surface area contributed by atoms with Crippen molar-refractivity contribution in [1.82, 2.24) is 29.8 Å². The van der Waals surface area contributed by atoms with Crippen molar-refractivity contribution in [3.05, 3.63) is 72.6 Å². The van der Waals surface area contributed by atoms with Gasteiger partial charge in [0.05, 0.1) is 5.52 Å². The first kappa shape index (κ1) is 14.2. The maximum absolute atomic E-state index is 13.1. The molecule has 7 nitrogen and oxygen atoms in total. The standard InChI is InChI=1S/C16H11FN6O/c17-12-7-5-11(6-8-12)15(24)16(22-10-18-9-19-22)23-14-4-2-1-3-13(14)20-21-23/h1-10,16H. The van der Waals surface area contributed by atoms with Gasteiger partial charge < -0.3 is 0 Å². The maximum Gasteiger partial charge on any atom is 0.210 e. The lowest BCUT2D eigenvalue weighted by atomic mass is 10.1. The number of nitrogens with zero attached hydrogens (tertiary/aromatic N) is 6. The SMILES string of the molecule is O=C(c1ccc(F)cc1)C(n1cncn1)n1nnc2ccccc21. The Morgan fingerprint density at radius 1 is 1.08 bits per heavy atom. The van der Waals surface area contributed by atoms with Crippen LogP contribution in [0.2, 0.25) is 0 Å². The molecule has 0 aliphatic carbocycles. The van der Waals surface area contributed by atoms with E-state index in [1.165, 1.54) is 46.3 Å². The Morgan fingerprint density at radius 2 is 1.88 bits per heavy atom. The molecule has 0 bridgehead atoms. The molecule has 0 aliphatic rings. The highest BCUT2D eigenvalue weighted by Crippen LogP contribution is 2.20. The summed E-state index contributed by atoms with van der Waals surface area (Å²) in [5.41, 5.74) is 1.69. The van der Waals surface area contributed by atoms with Gasteiger partial charge in [-0.1, -0.05) is 17.3 Å². The molecule has 0 saturated heterocycles. The summed E-state index contributed by atoms with van der Waals surface area (Å²) in [6, 6.07) is 12.6. The Hall–Kier alpha value is -3.42. The normalized spacial score (nSPS) is 12.4. The molecular formula is C16H11FN6O. The molecule has 0 radical (unpaired) electrons. The summed E-state index contributed by atoms with van der Waals surface area (Å²) in [6.45, 7) is 0. The highest BCUT2D eigenvalue weighted by Gasteiger charge is 2.27. The van der Waals surface area contributed by atoms with Crippen LogP contribution in [0.1, 0.15) is 16.5 Å². The number of ketones is 1. The first-order valence-electron chi connectivity index (χ1n) is 7.18. The second-order valence-electron chi connectivity index (χ2n) is 5.14. The maximum atomic E-state index is 13.1. The number of hydrogen-bond donors (Lipinski definition) is 0. The van der Waals surface area contributed by atoms with Crippen molar-refractivity contribution in [3.63, 3.8) is 0 Å². The van der Waals surface area contributed by atoms with Gasteiger partial charge in [0.25, 0.3) is 0 Å². The van der Waals surface area contributed by atoms with Gasteiger partial charge in [0.15, 0.2) is 0 Å². The van der Waals surface area contributed by atoms with Crippen molar-refractivity contribution in [1.29, 1.82) is 0 Å². The Kier molecular flexibility index (Phi) is 3.34. The quantitative estimate of drug-likeness (QED) is 0.538. The fourth-order valence-corrected chi connectivity index (χ4v) is 2.52. The summed E-state index contributed by atoms with van der Waals surface area (Å²) in [5.74, 6) is -0.703. The van der Waals surface area contributed by atoms with Gasteiger partial charge in [-0.25, -0.2) is 18.7 Å². The topological polar surface area (TPSA) is 78.5 Å². The molecule has 8 heteroatoms. The van der Waals surface area contributed by atoms with Crippen LogP contribution in [0.15, 0.2) is 61.2 Å². The second kappa shape index (κ2) is 5.65. The minimum absolute atomic E-state index is 0.295. The van der Waals surface area contributed by atoms with E-state index in [1.807, 2.05) is 18.2 Å². The van der Waals surface area contributed by atoms with E-state index in [2.05, 4.69) is 20.4 Å². The minimum atomic E-state index is -0.898. The van der Waals surface area contributed by atoms with E-state index in [0.717, 1.165) is 0 Å². The van der Waals surface area contributed by atoms with Gasteiger partial charge in [0.1, 0.15) is 24.0 Å². The lowest BCUT2D eigenvalue weighted by Gasteiger charge is -2.16. The number of para-hydroxylation sites is 1. The average molecular weight is 322 g/mol. The van der Waals surface area contributed by atoms with E-state index in [1.54, 1.807) is 6.07 Å². The Morgan fingerprint density at radius 3 is 2.62 bits per heavy atom. The van der Waals surface area contributed by atoms with Crippen molar-refractivity contribution in [2.45, 2.75) is 6.17 Å². The first-order chi connectivity index (χ1) is 11.7. The summed E-state index contributed by atoms with van der Waals surface area (Å²) in [5, 5.41) is 12.2. The summed E-state index contributed by atoms with van der Waals surface area (Å²) in [6.07, 6.45) is 1.87. The van der Waals surface area contributed by atoms with Crippen LogP contribution in [-0.4, -0.2) is 35.5 Å². The summed E-state index contributed by atoms with van der Waals surface area (Å²) < 4.78 is 16.0. The summed E-state index contributed by atoms with van der Waals surface area (Å²) in [4.78, 5) is 16.9. The molecule has 0 N–H and O–H groups in total. The van der Waals surface area contributed by atoms with Crippen LogP contribution < -0.4 is 0 Å². The molecule has 118 valence electrons. The van der Waals surface area contributed by atoms with E-state index in [9.17, 15) is 9.18 Å². The molecule has 24 heavy (non-hydrogen) atoms. The van der Waals surface area contributed by atoms with Crippen LogP contribution in [-0.2, 0) is 0 Å². The van der Waals surface area contributed by atoms with Gasteiger partial charge in [0.2, 0.25) is 11.9 Å². The van der Waals surface area contributed by atoms with Crippen LogP contribution in [0.3, 0.4) is 0 Å². The molecule has 2 heterocycles. The van der Waals surface area contributed by atoms with E-state index in [4.69, 9.17) is 0 Å². The molecule has 0 saturated carbocycles. The third-order valence-electron chi connectivity index (χ3n) is 3.66. The molecule has 1 atom stereocenters. The fourth-order valence-electron chi connectivity index (χ4n) is 2.52. The number of rotatable bonds is 4. The molecule has 1 unspecified atom stereocenters. The number of carbonyl (C=O) groups excluding carboxylic acids is 1. The molecule has 2 aromatic carbocycles. The van der Waals surface area contributed by atoms with Gasteiger partial charge in [-0.15, -0.1) is 5.10 Å². The second-order valence-corrected chi connectivity index (χ2v) is 5.14. The van der Waals surface area contributed by atoms with E-state index in [-0.39, 0.29) is 5.78 Å². The van der Waals surface area contributed by atoms with Crippen LogP contribution in [0.4, 0.5) is 4.39 Å². The van der Waals surface area contributed by atoms with Gasteiger partial charge >= 0.3 is 0 Å². The van der Waals surface area contributed by atoms with Crippen molar-refractivity contribution >= 4 is 16.8 Å². The number of benzene rings is 2. The molecule has 4 aromatic rings. The van der Waals surface area contributed by atoms with E-state index < -0.39 is 12.0 Å². The van der Waals surface area contributed by atoms with E-state index in [0.29, 0.717) is 16.6 Å². The minimum Gasteiger partial charge on any atom is -0.290 e. The smallest absolute Gasteiger partial charge is 0.210 e. The van der Waals surface area contributed by atoms with Gasteiger partial charge in [0, 0.05) is 5.56 Å². The molecule has 0 aliphatic heterocycles. The predicted octanol–water partition coefficient (Wildman–Crippen LogP) is 2.09. The fraction of sp³-hybridized carbons (Fsp3) is 0.0625. The van der Waals surface area contributed by atoms with Crippen LogP contribution in [0.25, 0.3) is 11.0 Å². The average Bonchev–Trinajstić information content (AvgIpc) is 3.27. The Bertz CT molecular complexity index is 993. The van der Waals surface area contributed by atoms with Gasteiger partial charge in [-0.05, 0) is 36.4 Å². The van der Waals surface area contributed by atoms with Crippen LogP contribution in [0, 0.1) is 5.82 Å². The van der Waals surface area contributed by atoms with E-state index >= 15 is 0 Å². The predicted molar refractivity (Wildman–Crippen MR) is 82.7 cm³/mol. The van der Waals surface area contributed by atoms with Crippen LogP contribution >= 0.6 is 0 Å². The number of hydrogen-bond acceptors (Lipinski definition) is 5.